The van der Waals surface area contributed by atoms with Gasteiger partial charge >= 0.3 is 0 Å². The molecule has 22 heavy (non-hydrogen) atoms. The molecule has 3 rings (SSSR count). The molecule has 0 amide bonds. The number of rotatable bonds is 4. The van der Waals surface area contributed by atoms with Crippen molar-refractivity contribution in [2.45, 2.75) is 25.8 Å². The number of aryl methyl sites for hydroxylation is 1. The number of nitrogens with zero attached hydrogens (tertiary/aromatic N) is 5. The molecule has 0 aliphatic carbocycles. The Hall–Kier alpha value is -0.586. The Morgan fingerprint density at radius 1 is 1.27 bits per heavy atom. The van der Waals surface area contributed by atoms with Gasteiger partial charge in [0.1, 0.15) is 11.6 Å². The van der Waals surface area contributed by atoms with Crippen LogP contribution in [-0.4, -0.2) is 45.9 Å². The fraction of sp³-hybridized carbons (Fsp3) is 0.533. The van der Waals surface area contributed by atoms with Gasteiger partial charge in [0.05, 0.1) is 17.6 Å². The Bertz CT molecular complexity index is 616. The van der Waals surface area contributed by atoms with Gasteiger partial charge in [0.2, 0.25) is 0 Å². The summed E-state index contributed by atoms with van der Waals surface area (Å²) in [6.45, 7) is 13.2. The van der Waals surface area contributed by atoms with Crippen molar-refractivity contribution in [1.82, 2.24) is 25.1 Å². The molecule has 0 atom stereocenters. The van der Waals surface area contributed by atoms with Crippen LogP contribution in [0.2, 0.25) is 0 Å². The SMILES string of the molecule is [CH2-]CN(C[CH2-])c1nc(C)nc2c1cnn2C1CCNCC1.[Y]. The fourth-order valence-electron chi connectivity index (χ4n) is 2.90. The van der Waals surface area contributed by atoms with Crippen molar-refractivity contribution in [2.24, 2.45) is 0 Å². The topological polar surface area (TPSA) is 58.9 Å². The Labute approximate surface area is 156 Å². The van der Waals surface area contributed by atoms with Crippen molar-refractivity contribution < 1.29 is 32.7 Å². The second-order valence-electron chi connectivity index (χ2n) is 5.39. The number of aromatic nitrogens is 4. The maximum atomic E-state index is 4.62. The summed E-state index contributed by atoms with van der Waals surface area (Å²) in [5.41, 5.74) is 0.927. The van der Waals surface area contributed by atoms with Gasteiger partial charge < -0.3 is 24.1 Å². The van der Waals surface area contributed by atoms with Crippen LogP contribution in [0.1, 0.15) is 24.7 Å². The van der Waals surface area contributed by atoms with Crippen LogP contribution in [0, 0.1) is 20.8 Å². The molecule has 117 valence electrons. The van der Waals surface area contributed by atoms with Crippen LogP contribution in [0.4, 0.5) is 5.82 Å². The van der Waals surface area contributed by atoms with Gasteiger partial charge in [-0.15, -0.1) is 13.1 Å². The van der Waals surface area contributed by atoms with E-state index in [1.165, 1.54) is 0 Å². The molecule has 0 unspecified atom stereocenters. The molecule has 0 spiro atoms. The van der Waals surface area contributed by atoms with Gasteiger partial charge in [-0.3, -0.25) is 0 Å². The van der Waals surface area contributed by atoms with Gasteiger partial charge in [0.25, 0.3) is 0 Å². The molecule has 1 N–H and O–H groups in total. The van der Waals surface area contributed by atoms with Crippen LogP contribution >= 0.6 is 0 Å². The summed E-state index contributed by atoms with van der Waals surface area (Å²) in [6, 6.07) is 0.416. The molecule has 1 fully saturated rings. The first kappa shape index (κ1) is 17.8. The first-order valence-electron chi connectivity index (χ1n) is 7.50. The molecular formula is C15H22N6Y-2. The molecule has 7 heteroatoms. The third kappa shape index (κ3) is 3.34. The molecule has 0 aromatic carbocycles. The summed E-state index contributed by atoms with van der Waals surface area (Å²) < 4.78 is 2.07. The third-order valence-electron chi connectivity index (χ3n) is 4.04. The first-order chi connectivity index (χ1) is 10.2. The van der Waals surface area contributed by atoms with E-state index in [1.807, 2.05) is 18.0 Å². The summed E-state index contributed by atoms with van der Waals surface area (Å²) >= 11 is 0. The van der Waals surface area contributed by atoms with Gasteiger partial charge in [0, 0.05) is 32.7 Å². The van der Waals surface area contributed by atoms with Gasteiger partial charge in [-0.1, -0.05) is 0 Å². The van der Waals surface area contributed by atoms with E-state index in [2.05, 4.69) is 38.9 Å². The third-order valence-corrected chi connectivity index (χ3v) is 4.04. The summed E-state index contributed by atoms with van der Waals surface area (Å²) in [5, 5.41) is 8.97. The monoisotopic (exact) mass is 375 g/mol. The zero-order valence-corrected chi connectivity index (χ0v) is 16.0. The minimum absolute atomic E-state index is 0. The molecular weight excluding hydrogens is 353 g/mol. The Kier molecular flexibility index (Phi) is 6.30. The number of nitrogens with one attached hydrogen (secondary N) is 1. The number of anilines is 1. The fourth-order valence-corrected chi connectivity index (χ4v) is 2.90. The van der Waals surface area contributed by atoms with Crippen molar-refractivity contribution in [3.05, 3.63) is 25.9 Å². The van der Waals surface area contributed by atoms with Crippen molar-refractivity contribution >= 4 is 16.9 Å². The molecule has 0 saturated carbocycles. The second-order valence-corrected chi connectivity index (χ2v) is 5.39. The predicted octanol–water partition coefficient (Wildman–Crippen LogP) is 1.53. The molecule has 0 bridgehead atoms. The normalized spacial score (nSPS) is 15.8. The van der Waals surface area contributed by atoms with Crippen molar-refractivity contribution in [2.75, 3.05) is 31.1 Å². The first-order valence-corrected chi connectivity index (χ1v) is 7.50. The predicted molar refractivity (Wildman–Crippen MR) is 84.1 cm³/mol. The number of hydrogen-bond donors (Lipinski definition) is 1. The number of fused-ring (bicyclic) bond motifs is 1. The number of hydrogen-bond acceptors (Lipinski definition) is 5. The van der Waals surface area contributed by atoms with Crippen LogP contribution in [-0.2, 0) is 32.7 Å². The quantitative estimate of drug-likeness (QED) is 0.822. The molecule has 1 radical (unpaired) electrons. The molecule has 2 aromatic heterocycles. The zero-order chi connectivity index (χ0) is 14.8. The van der Waals surface area contributed by atoms with E-state index in [-0.39, 0.29) is 32.7 Å². The smallest absolute Gasteiger partial charge is 0.163 e. The van der Waals surface area contributed by atoms with Gasteiger partial charge in [-0.05, 0) is 32.9 Å². The molecule has 1 aliphatic rings. The largest absolute Gasteiger partial charge is 0.416 e. The molecule has 1 aliphatic heterocycles. The van der Waals surface area contributed by atoms with E-state index in [1.54, 1.807) is 0 Å². The Morgan fingerprint density at radius 3 is 2.59 bits per heavy atom. The van der Waals surface area contributed by atoms with Gasteiger partial charge in [0.15, 0.2) is 5.65 Å². The minimum Gasteiger partial charge on any atom is -0.416 e. The van der Waals surface area contributed by atoms with Gasteiger partial charge in [-0.25, -0.2) is 14.6 Å². The summed E-state index contributed by atoms with van der Waals surface area (Å²) in [7, 11) is 0. The van der Waals surface area contributed by atoms with Crippen molar-refractivity contribution in [3.63, 3.8) is 0 Å². The van der Waals surface area contributed by atoms with Crippen LogP contribution < -0.4 is 10.2 Å². The van der Waals surface area contributed by atoms with E-state index in [0.29, 0.717) is 19.1 Å². The molecule has 1 saturated heterocycles. The molecule has 2 aromatic rings. The Balaban J connectivity index is 0.00000176. The summed E-state index contributed by atoms with van der Waals surface area (Å²) in [4.78, 5) is 11.2. The van der Waals surface area contributed by atoms with Crippen molar-refractivity contribution in [3.8, 4) is 0 Å². The zero-order valence-electron chi connectivity index (χ0n) is 13.1. The Morgan fingerprint density at radius 2 is 1.95 bits per heavy atom. The maximum Gasteiger partial charge on any atom is 0.163 e. The average molecular weight is 375 g/mol. The minimum atomic E-state index is 0. The van der Waals surface area contributed by atoms with Crippen LogP contribution in [0.15, 0.2) is 6.20 Å². The summed E-state index contributed by atoms with van der Waals surface area (Å²) in [6.07, 6.45) is 4.05. The standard InChI is InChI=1S/C15H22N6.Y/c1-4-20(5-2)14-13-10-17-21(12-6-8-16-9-7-12)15(13)19-11(3)18-14;/h10,12,16H,1-2,4-9H2,3H3;/q-2;. The van der Waals surface area contributed by atoms with E-state index >= 15 is 0 Å². The van der Waals surface area contributed by atoms with E-state index < -0.39 is 0 Å². The van der Waals surface area contributed by atoms with E-state index in [0.717, 1.165) is 48.6 Å². The van der Waals surface area contributed by atoms with E-state index in [4.69, 9.17) is 0 Å². The number of piperidine rings is 1. The maximum absolute atomic E-state index is 4.62. The van der Waals surface area contributed by atoms with Crippen LogP contribution in [0.3, 0.4) is 0 Å². The van der Waals surface area contributed by atoms with Crippen molar-refractivity contribution in [1.29, 1.82) is 0 Å². The second kappa shape index (κ2) is 7.80. The van der Waals surface area contributed by atoms with Crippen LogP contribution in [0.5, 0.6) is 0 Å². The summed E-state index contributed by atoms with van der Waals surface area (Å²) in [5.74, 6) is 1.66. The molecule has 6 nitrogen and oxygen atoms in total. The van der Waals surface area contributed by atoms with Gasteiger partial charge in [-0.2, -0.15) is 5.10 Å². The average Bonchev–Trinajstić information content (AvgIpc) is 2.93. The van der Waals surface area contributed by atoms with Crippen LogP contribution in [0.25, 0.3) is 11.0 Å². The van der Waals surface area contributed by atoms with E-state index in [9.17, 15) is 0 Å². The molecule has 3 heterocycles.